The van der Waals surface area contributed by atoms with Crippen molar-refractivity contribution in [3.05, 3.63) is 101 Å². The van der Waals surface area contributed by atoms with Crippen molar-refractivity contribution in [1.29, 1.82) is 0 Å². The van der Waals surface area contributed by atoms with Gasteiger partial charge >= 0.3 is 0 Å². The maximum Gasteiger partial charge on any atom is 0.119 e. The van der Waals surface area contributed by atoms with Gasteiger partial charge in [-0.3, -0.25) is 0 Å². The Hall–Kier alpha value is -2.66. The van der Waals surface area contributed by atoms with Crippen LogP contribution in [0.15, 0.2) is 72.8 Å². The summed E-state index contributed by atoms with van der Waals surface area (Å²) in [6, 6.07) is 25.4. The number of nitrogens with one attached hydrogen (secondary N) is 1. The zero-order valence-corrected chi connectivity index (χ0v) is 20.5. The van der Waals surface area contributed by atoms with Crippen molar-refractivity contribution in [2.24, 2.45) is 0 Å². The highest BCUT2D eigenvalue weighted by Crippen LogP contribution is 2.30. The number of hydrogen-bond acceptors (Lipinski definition) is 4. The predicted molar refractivity (Wildman–Crippen MR) is 137 cm³/mol. The average Bonchev–Trinajstić information content (AvgIpc) is 2.87. The van der Waals surface area contributed by atoms with Gasteiger partial charge in [-0.05, 0) is 61.2 Å². The van der Waals surface area contributed by atoms with Crippen LogP contribution in [0.1, 0.15) is 46.6 Å². The van der Waals surface area contributed by atoms with Gasteiger partial charge in [-0.25, -0.2) is 0 Å². The zero-order valence-electron chi connectivity index (χ0n) is 20.5. The Morgan fingerprint density at radius 2 is 1.71 bits per heavy atom. The first-order valence-corrected chi connectivity index (χ1v) is 12.4. The van der Waals surface area contributed by atoms with Crippen LogP contribution in [0, 0.1) is 13.8 Å². The van der Waals surface area contributed by atoms with Gasteiger partial charge in [-0.2, -0.15) is 0 Å². The van der Waals surface area contributed by atoms with Gasteiger partial charge in [-0.15, -0.1) is 0 Å². The lowest BCUT2D eigenvalue weighted by atomic mass is 9.87. The van der Waals surface area contributed by atoms with E-state index in [1.807, 2.05) is 18.2 Å². The number of ether oxygens (including phenoxy) is 3. The SMILES string of the molecule is Cc1ccc(COC2CNCCC2c2ccc(OCCCOCc3ccccc3)cc2)c(C)c1. The van der Waals surface area contributed by atoms with E-state index in [0.29, 0.717) is 32.3 Å². The van der Waals surface area contributed by atoms with Gasteiger partial charge in [0.25, 0.3) is 0 Å². The first kappa shape index (κ1) is 24.5. The van der Waals surface area contributed by atoms with E-state index < -0.39 is 0 Å². The van der Waals surface area contributed by atoms with Crippen LogP contribution in [0.3, 0.4) is 0 Å². The monoisotopic (exact) mass is 459 g/mol. The topological polar surface area (TPSA) is 39.7 Å². The van der Waals surface area contributed by atoms with Crippen molar-refractivity contribution < 1.29 is 14.2 Å². The van der Waals surface area contributed by atoms with Crippen molar-refractivity contribution >= 4 is 0 Å². The molecule has 0 bridgehead atoms. The molecule has 0 aliphatic carbocycles. The Kier molecular flexibility index (Phi) is 9.14. The van der Waals surface area contributed by atoms with Gasteiger partial charge in [0.2, 0.25) is 0 Å². The second-order valence-corrected chi connectivity index (χ2v) is 9.19. The Morgan fingerprint density at radius 1 is 0.882 bits per heavy atom. The molecule has 0 aromatic heterocycles. The van der Waals surface area contributed by atoms with Crippen molar-refractivity contribution in [1.82, 2.24) is 5.32 Å². The summed E-state index contributed by atoms with van der Waals surface area (Å²) in [5.41, 5.74) is 6.39. The van der Waals surface area contributed by atoms with Crippen molar-refractivity contribution in [2.45, 2.75) is 51.9 Å². The summed E-state index contributed by atoms with van der Waals surface area (Å²) < 4.78 is 18.1. The third-order valence-corrected chi connectivity index (χ3v) is 6.50. The molecule has 4 rings (SSSR count). The van der Waals surface area contributed by atoms with Gasteiger partial charge in [0.15, 0.2) is 0 Å². The molecule has 1 aliphatic rings. The first-order chi connectivity index (χ1) is 16.7. The van der Waals surface area contributed by atoms with Crippen LogP contribution in [0.5, 0.6) is 5.75 Å². The van der Waals surface area contributed by atoms with Crippen LogP contribution in [-0.2, 0) is 22.7 Å². The second kappa shape index (κ2) is 12.7. The molecule has 34 heavy (non-hydrogen) atoms. The molecule has 0 spiro atoms. The van der Waals surface area contributed by atoms with Gasteiger partial charge in [-0.1, -0.05) is 66.2 Å². The third-order valence-electron chi connectivity index (χ3n) is 6.50. The largest absolute Gasteiger partial charge is 0.494 e. The second-order valence-electron chi connectivity index (χ2n) is 9.19. The molecule has 0 amide bonds. The average molecular weight is 460 g/mol. The Labute approximate surface area is 204 Å². The molecular weight excluding hydrogens is 422 g/mol. The van der Waals surface area contributed by atoms with Crippen molar-refractivity contribution in [3.63, 3.8) is 0 Å². The Morgan fingerprint density at radius 3 is 2.50 bits per heavy atom. The quantitative estimate of drug-likeness (QED) is 0.360. The van der Waals surface area contributed by atoms with Crippen LogP contribution in [-0.4, -0.2) is 32.4 Å². The molecule has 3 aromatic rings. The van der Waals surface area contributed by atoms with Gasteiger partial charge < -0.3 is 19.5 Å². The zero-order chi connectivity index (χ0) is 23.6. The molecule has 0 saturated carbocycles. The van der Waals surface area contributed by atoms with Crippen LogP contribution >= 0.6 is 0 Å². The molecule has 1 fully saturated rings. The molecule has 1 heterocycles. The minimum atomic E-state index is 0.169. The molecule has 1 saturated heterocycles. The standard InChI is InChI=1S/C30H37NO3/c1-23-9-10-27(24(2)19-23)22-34-30-20-31-16-15-29(30)26-11-13-28(14-12-26)33-18-6-17-32-21-25-7-4-3-5-8-25/h3-5,7-14,19,29-31H,6,15-18,20-22H2,1-2H3. The van der Waals surface area contributed by atoms with E-state index in [0.717, 1.165) is 31.7 Å². The highest BCUT2D eigenvalue weighted by atomic mass is 16.5. The number of aryl methyl sites for hydroxylation is 2. The summed E-state index contributed by atoms with van der Waals surface area (Å²) in [7, 11) is 0. The Bertz CT molecular complexity index is 1000. The molecule has 1 N–H and O–H groups in total. The number of rotatable bonds is 11. The minimum absolute atomic E-state index is 0.169. The number of benzene rings is 3. The van der Waals surface area contributed by atoms with E-state index >= 15 is 0 Å². The van der Waals surface area contributed by atoms with Gasteiger partial charge in [0.05, 0.1) is 32.5 Å². The van der Waals surface area contributed by atoms with E-state index in [9.17, 15) is 0 Å². The number of hydrogen-bond donors (Lipinski definition) is 1. The summed E-state index contributed by atoms with van der Waals surface area (Å²) >= 11 is 0. The van der Waals surface area contributed by atoms with Crippen LogP contribution < -0.4 is 10.1 Å². The van der Waals surface area contributed by atoms with E-state index in [4.69, 9.17) is 14.2 Å². The van der Waals surface area contributed by atoms with Crippen molar-refractivity contribution in [3.8, 4) is 5.75 Å². The molecule has 180 valence electrons. The lowest BCUT2D eigenvalue weighted by Crippen LogP contribution is -2.41. The van der Waals surface area contributed by atoms with Crippen LogP contribution in [0.25, 0.3) is 0 Å². The van der Waals surface area contributed by atoms with E-state index in [1.54, 1.807) is 0 Å². The molecule has 1 aliphatic heterocycles. The summed E-state index contributed by atoms with van der Waals surface area (Å²) in [5.74, 6) is 1.31. The predicted octanol–water partition coefficient (Wildman–Crippen LogP) is 5.95. The summed E-state index contributed by atoms with van der Waals surface area (Å²) in [5, 5.41) is 3.50. The summed E-state index contributed by atoms with van der Waals surface area (Å²) in [6.07, 6.45) is 2.12. The molecule has 2 unspecified atom stereocenters. The highest BCUT2D eigenvalue weighted by Gasteiger charge is 2.27. The summed E-state index contributed by atoms with van der Waals surface area (Å²) in [6.45, 7) is 8.86. The molecule has 4 heteroatoms. The van der Waals surface area contributed by atoms with Gasteiger partial charge in [0.1, 0.15) is 5.75 Å². The van der Waals surface area contributed by atoms with E-state index in [-0.39, 0.29) is 6.10 Å². The molecule has 0 radical (unpaired) electrons. The van der Waals surface area contributed by atoms with E-state index in [2.05, 4.69) is 73.8 Å². The van der Waals surface area contributed by atoms with Gasteiger partial charge in [0, 0.05) is 18.9 Å². The lowest BCUT2D eigenvalue weighted by molar-refractivity contribution is 0.0104. The molecule has 3 aromatic carbocycles. The third kappa shape index (κ3) is 7.17. The van der Waals surface area contributed by atoms with Crippen molar-refractivity contribution in [2.75, 3.05) is 26.3 Å². The maximum atomic E-state index is 6.41. The molecular formula is C30H37NO3. The fraction of sp³-hybridized carbons (Fsp3) is 0.400. The molecule has 4 nitrogen and oxygen atoms in total. The first-order valence-electron chi connectivity index (χ1n) is 12.4. The lowest BCUT2D eigenvalue weighted by Gasteiger charge is -2.32. The normalized spacial score (nSPS) is 18.1. The molecule has 2 atom stereocenters. The minimum Gasteiger partial charge on any atom is -0.494 e. The maximum absolute atomic E-state index is 6.41. The highest BCUT2D eigenvalue weighted by molar-refractivity contribution is 5.31. The summed E-state index contributed by atoms with van der Waals surface area (Å²) in [4.78, 5) is 0. The fourth-order valence-electron chi connectivity index (χ4n) is 4.52. The van der Waals surface area contributed by atoms with Crippen LogP contribution in [0.4, 0.5) is 0 Å². The Balaban J connectivity index is 1.22. The van der Waals surface area contributed by atoms with Crippen LogP contribution in [0.2, 0.25) is 0 Å². The fourth-order valence-corrected chi connectivity index (χ4v) is 4.52. The van der Waals surface area contributed by atoms with E-state index in [1.165, 1.54) is 27.8 Å². The number of piperidine rings is 1. The smallest absolute Gasteiger partial charge is 0.119 e.